The van der Waals surface area contributed by atoms with Crippen molar-refractivity contribution in [3.63, 3.8) is 0 Å². The van der Waals surface area contributed by atoms with Crippen LogP contribution in [0.25, 0.3) is 0 Å². The summed E-state index contributed by atoms with van der Waals surface area (Å²) in [6.07, 6.45) is 6.15. The summed E-state index contributed by atoms with van der Waals surface area (Å²) < 4.78 is 0. The Bertz CT molecular complexity index is 314. The zero-order valence-corrected chi connectivity index (χ0v) is 8.24. The van der Waals surface area contributed by atoms with Gasteiger partial charge in [-0.2, -0.15) is 0 Å². The molecule has 0 spiro atoms. The molecule has 2 rings (SSSR count). The van der Waals surface area contributed by atoms with Gasteiger partial charge in [0.25, 0.3) is 0 Å². The molecule has 0 amide bonds. The first kappa shape index (κ1) is 9.38. The van der Waals surface area contributed by atoms with Crippen molar-refractivity contribution in [3.8, 4) is 11.5 Å². The fourth-order valence-electron chi connectivity index (χ4n) is 2.25. The van der Waals surface area contributed by atoms with Crippen LogP contribution in [0.4, 0.5) is 0 Å². The number of aromatic hydroxyl groups is 2. The van der Waals surface area contributed by atoms with Gasteiger partial charge in [-0.3, -0.25) is 0 Å². The predicted octanol–water partition coefficient (Wildman–Crippen LogP) is 2.83. The highest BCUT2D eigenvalue weighted by atomic mass is 16.3. The maximum absolute atomic E-state index is 9.59. The van der Waals surface area contributed by atoms with Gasteiger partial charge in [-0.15, -0.1) is 0 Å². The fraction of sp³-hybridized carbons (Fsp3) is 0.500. The SMILES string of the molecule is Oc1ccc(CC2CCCC2)c(O)c1. The lowest BCUT2D eigenvalue weighted by atomic mass is 9.97. The summed E-state index contributed by atoms with van der Waals surface area (Å²) in [7, 11) is 0. The van der Waals surface area contributed by atoms with E-state index in [1.807, 2.05) is 6.07 Å². The van der Waals surface area contributed by atoms with E-state index in [9.17, 15) is 5.11 Å². The number of phenolic OH excluding ortho intramolecular Hbond substituents is 2. The Balaban J connectivity index is 2.08. The summed E-state index contributed by atoms with van der Waals surface area (Å²) in [6, 6.07) is 4.89. The number of hydrogen-bond donors (Lipinski definition) is 2. The molecule has 1 fully saturated rings. The predicted molar refractivity (Wildman–Crippen MR) is 55.4 cm³/mol. The Kier molecular flexibility index (Phi) is 2.62. The van der Waals surface area contributed by atoms with Crippen LogP contribution in [-0.4, -0.2) is 10.2 Å². The smallest absolute Gasteiger partial charge is 0.122 e. The summed E-state index contributed by atoms with van der Waals surface area (Å²) in [5.41, 5.74) is 0.967. The van der Waals surface area contributed by atoms with Crippen LogP contribution in [-0.2, 0) is 6.42 Å². The third-order valence-electron chi connectivity index (χ3n) is 3.05. The summed E-state index contributed by atoms with van der Waals surface area (Å²) >= 11 is 0. The molecule has 1 aliphatic carbocycles. The van der Waals surface area contributed by atoms with Crippen molar-refractivity contribution in [2.24, 2.45) is 5.92 Å². The molecule has 0 atom stereocenters. The molecule has 0 unspecified atom stereocenters. The van der Waals surface area contributed by atoms with Crippen LogP contribution in [0.2, 0.25) is 0 Å². The van der Waals surface area contributed by atoms with Gasteiger partial charge < -0.3 is 10.2 Å². The Hall–Kier alpha value is -1.18. The van der Waals surface area contributed by atoms with Crippen molar-refractivity contribution < 1.29 is 10.2 Å². The van der Waals surface area contributed by atoms with Crippen molar-refractivity contribution in [1.29, 1.82) is 0 Å². The van der Waals surface area contributed by atoms with Gasteiger partial charge in [-0.25, -0.2) is 0 Å². The monoisotopic (exact) mass is 192 g/mol. The van der Waals surface area contributed by atoms with Crippen LogP contribution < -0.4 is 0 Å². The highest BCUT2D eigenvalue weighted by Crippen LogP contribution is 2.31. The lowest BCUT2D eigenvalue weighted by molar-refractivity contribution is 0.438. The van der Waals surface area contributed by atoms with Crippen LogP contribution >= 0.6 is 0 Å². The molecule has 1 aliphatic rings. The molecule has 0 saturated heterocycles. The first-order valence-corrected chi connectivity index (χ1v) is 5.26. The van der Waals surface area contributed by atoms with E-state index in [2.05, 4.69) is 0 Å². The second-order valence-electron chi connectivity index (χ2n) is 4.17. The summed E-state index contributed by atoms with van der Waals surface area (Å²) in [5.74, 6) is 1.10. The molecule has 0 aliphatic heterocycles. The largest absolute Gasteiger partial charge is 0.508 e. The van der Waals surface area contributed by atoms with E-state index in [1.54, 1.807) is 6.07 Å². The third kappa shape index (κ3) is 2.00. The van der Waals surface area contributed by atoms with Gasteiger partial charge >= 0.3 is 0 Å². The van der Waals surface area contributed by atoms with Crippen molar-refractivity contribution in [2.75, 3.05) is 0 Å². The van der Waals surface area contributed by atoms with E-state index in [0.29, 0.717) is 0 Å². The number of phenols is 2. The normalized spacial score (nSPS) is 17.4. The first-order valence-electron chi connectivity index (χ1n) is 5.26. The van der Waals surface area contributed by atoms with Crippen molar-refractivity contribution in [1.82, 2.24) is 0 Å². The van der Waals surface area contributed by atoms with Gasteiger partial charge in [0.15, 0.2) is 0 Å². The second kappa shape index (κ2) is 3.91. The highest BCUT2D eigenvalue weighted by molar-refractivity contribution is 5.39. The molecule has 2 nitrogen and oxygen atoms in total. The van der Waals surface area contributed by atoms with Crippen LogP contribution in [0.3, 0.4) is 0 Å². The molecule has 2 N–H and O–H groups in total. The zero-order valence-electron chi connectivity index (χ0n) is 8.24. The van der Waals surface area contributed by atoms with Gasteiger partial charge in [-0.05, 0) is 24.0 Å². The van der Waals surface area contributed by atoms with E-state index >= 15 is 0 Å². The first-order chi connectivity index (χ1) is 6.75. The Morgan fingerprint density at radius 1 is 1.14 bits per heavy atom. The molecule has 1 aromatic carbocycles. The average molecular weight is 192 g/mol. The van der Waals surface area contributed by atoms with E-state index in [1.165, 1.54) is 31.7 Å². The minimum atomic E-state index is 0.137. The van der Waals surface area contributed by atoms with Gasteiger partial charge in [0.1, 0.15) is 11.5 Å². The maximum Gasteiger partial charge on any atom is 0.122 e. The molecule has 76 valence electrons. The topological polar surface area (TPSA) is 40.5 Å². The standard InChI is InChI=1S/C12H16O2/c13-11-6-5-10(12(14)8-11)7-9-3-1-2-4-9/h5-6,8-9,13-14H,1-4,7H2. The third-order valence-corrected chi connectivity index (χ3v) is 3.05. The molecule has 0 aromatic heterocycles. The van der Waals surface area contributed by atoms with E-state index in [4.69, 9.17) is 5.11 Å². The molecule has 2 heteroatoms. The second-order valence-corrected chi connectivity index (χ2v) is 4.17. The molecule has 0 radical (unpaired) electrons. The lowest BCUT2D eigenvalue weighted by Gasteiger charge is -2.10. The molecule has 1 saturated carbocycles. The van der Waals surface area contributed by atoms with E-state index in [-0.39, 0.29) is 11.5 Å². The van der Waals surface area contributed by atoms with Crippen LogP contribution in [0.5, 0.6) is 11.5 Å². The Morgan fingerprint density at radius 2 is 1.86 bits per heavy atom. The summed E-state index contributed by atoms with van der Waals surface area (Å²) in [5, 5.41) is 18.7. The minimum absolute atomic E-state index is 0.137. The minimum Gasteiger partial charge on any atom is -0.508 e. The number of benzene rings is 1. The Labute approximate surface area is 84.2 Å². The Morgan fingerprint density at radius 3 is 2.50 bits per heavy atom. The summed E-state index contributed by atoms with van der Waals surface area (Å²) in [4.78, 5) is 0. The van der Waals surface area contributed by atoms with E-state index in [0.717, 1.165) is 17.9 Å². The van der Waals surface area contributed by atoms with Crippen LogP contribution in [0.1, 0.15) is 31.2 Å². The van der Waals surface area contributed by atoms with Crippen LogP contribution in [0, 0.1) is 5.92 Å². The quantitative estimate of drug-likeness (QED) is 0.756. The molecule has 14 heavy (non-hydrogen) atoms. The number of hydrogen-bond acceptors (Lipinski definition) is 2. The highest BCUT2D eigenvalue weighted by Gasteiger charge is 2.16. The van der Waals surface area contributed by atoms with Gasteiger partial charge in [0, 0.05) is 6.07 Å². The van der Waals surface area contributed by atoms with Crippen molar-refractivity contribution in [3.05, 3.63) is 23.8 Å². The van der Waals surface area contributed by atoms with Gasteiger partial charge in [0.2, 0.25) is 0 Å². The molecule has 1 aromatic rings. The van der Waals surface area contributed by atoms with E-state index < -0.39 is 0 Å². The molecular formula is C12H16O2. The molecule has 0 heterocycles. The average Bonchev–Trinajstić information content (AvgIpc) is 2.62. The van der Waals surface area contributed by atoms with Gasteiger partial charge in [0.05, 0.1) is 0 Å². The van der Waals surface area contributed by atoms with Crippen molar-refractivity contribution in [2.45, 2.75) is 32.1 Å². The lowest BCUT2D eigenvalue weighted by Crippen LogP contribution is -1.98. The maximum atomic E-state index is 9.59. The molecule has 0 bridgehead atoms. The molecular weight excluding hydrogens is 176 g/mol. The van der Waals surface area contributed by atoms with Crippen molar-refractivity contribution >= 4 is 0 Å². The van der Waals surface area contributed by atoms with Crippen LogP contribution in [0.15, 0.2) is 18.2 Å². The van der Waals surface area contributed by atoms with Gasteiger partial charge in [-0.1, -0.05) is 31.7 Å². The summed E-state index contributed by atoms with van der Waals surface area (Å²) in [6.45, 7) is 0. The fourth-order valence-corrected chi connectivity index (χ4v) is 2.25. The number of rotatable bonds is 2. The zero-order chi connectivity index (χ0) is 9.97.